The van der Waals surface area contributed by atoms with E-state index in [1.54, 1.807) is 0 Å². The number of hydrogen-bond donors (Lipinski definition) is 0. The summed E-state index contributed by atoms with van der Waals surface area (Å²) in [6, 6.07) is 5.74. The van der Waals surface area contributed by atoms with Crippen LogP contribution < -0.4 is 4.43 Å². The molecule has 15 heavy (non-hydrogen) atoms. The molecular weight excluding hydrogens is 343 g/mol. The monoisotopic (exact) mass is 352 g/mol. The van der Waals surface area contributed by atoms with Crippen molar-refractivity contribution in [3.05, 3.63) is 27.0 Å². The molecule has 0 N–H and O–H groups in total. The van der Waals surface area contributed by atoms with E-state index in [0.29, 0.717) is 5.02 Å². The standard InChI is InChI=1S/C10H10ClIO2Si/c1-15(2)14-7-3-6-4-9(12)13-10(6)8(11)5-7/h3-5,15H,1-2H3. The Morgan fingerprint density at radius 3 is 2.73 bits per heavy atom. The largest absolute Gasteiger partial charge is 0.547 e. The molecule has 2 rings (SSSR count). The minimum atomic E-state index is -1.08. The van der Waals surface area contributed by atoms with E-state index in [1.165, 1.54) is 0 Å². The van der Waals surface area contributed by atoms with E-state index in [1.807, 2.05) is 18.2 Å². The second-order valence-electron chi connectivity index (χ2n) is 3.54. The van der Waals surface area contributed by atoms with E-state index in [2.05, 4.69) is 35.7 Å². The van der Waals surface area contributed by atoms with Gasteiger partial charge in [0, 0.05) is 11.5 Å². The van der Waals surface area contributed by atoms with Gasteiger partial charge in [0.2, 0.25) is 9.04 Å². The van der Waals surface area contributed by atoms with Crippen molar-refractivity contribution in [1.82, 2.24) is 0 Å². The summed E-state index contributed by atoms with van der Waals surface area (Å²) in [6.07, 6.45) is 0. The van der Waals surface area contributed by atoms with Crippen LogP contribution in [0.2, 0.25) is 18.1 Å². The van der Waals surface area contributed by atoms with Crippen molar-refractivity contribution in [3.8, 4) is 5.75 Å². The highest BCUT2D eigenvalue weighted by Gasteiger charge is 2.09. The van der Waals surface area contributed by atoms with Crippen LogP contribution in [-0.2, 0) is 0 Å². The highest BCUT2D eigenvalue weighted by atomic mass is 127. The van der Waals surface area contributed by atoms with Gasteiger partial charge in [0.15, 0.2) is 9.35 Å². The van der Waals surface area contributed by atoms with Crippen LogP contribution in [0, 0.1) is 3.77 Å². The molecule has 0 amide bonds. The van der Waals surface area contributed by atoms with Gasteiger partial charge in [-0.05, 0) is 47.8 Å². The number of benzene rings is 1. The minimum absolute atomic E-state index is 0.611. The molecule has 0 spiro atoms. The lowest BCUT2D eigenvalue weighted by atomic mass is 10.2. The van der Waals surface area contributed by atoms with Gasteiger partial charge < -0.3 is 8.84 Å². The molecule has 0 bridgehead atoms. The zero-order valence-electron chi connectivity index (χ0n) is 8.38. The van der Waals surface area contributed by atoms with E-state index in [9.17, 15) is 0 Å². The van der Waals surface area contributed by atoms with Crippen molar-refractivity contribution in [2.45, 2.75) is 13.1 Å². The molecule has 80 valence electrons. The maximum absolute atomic E-state index is 6.10. The fourth-order valence-electron chi connectivity index (χ4n) is 1.39. The average molecular weight is 353 g/mol. The second-order valence-corrected chi connectivity index (χ2v) is 7.34. The zero-order chi connectivity index (χ0) is 11.0. The molecule has 1 heterocycles. The maximum atomic E-state index is 6.10. The molecule has 0 aliphatic heterocycles. The van der Waals surface area contributed by atoms with Crippen molar-refractivity contribution in [2.24, 2.45) is 0 Å². The van der Waals surface area contributed by atoms with Gasteiger partial charge in [-0.2, -0.15) is 0 Å². The van der Waals surface area contributed by atoms with E-state index in [0.717, 1.165) is 20.5 Å². The highest BCUT2D eigenvalue weighted by molar-refractivity contribution is 14.1. The third-order valence-electron chi connectivity index (χ3n) is 1.89. The van der Waals surface area contributed by atoms with Crippen molar-refractivity contribution < 1.29 is 8.84 Å². The number of hydrogen-bond acceptors (Lipinski definition) is 2. The van der Waals surface area contributed by atoms with E-state index in [-0.39, 0.29) is 0 Å². The molecule has 2 nitrogen and oxygen atoms in total. The predicted molar refractivity (Wildman–Crippen MR) is 73.4 cm³/mol. The van der Waals surface area contributed by atoms with Crippen LogP contribution >= 0.6 is 34.2 Å². The SMILES string of the molecule is C[SiH](C)Oc1cc(Cl)c2oc(I)cc2c1. The molecule has 0 fully saturated rings. The lowest BCUT2D eigenvalue weighted by Gasteiger charge is -2.09. The van der Waals surface area contributed by atoms with Gasteiger partial charge >= 0.3 is 0 Å². The Balaban J connectivity index is 2.51. The lowest BCUT2D eigenvalue weighted by molar-refractivity contribution is 0.575. The summed E-state index contributed by atoms with van der Waals surface area (Å²) >= 11 is 8.23. The van der Waals surface area contributed by atoms with E-state index < -0.39 is 9.04 Å². The molecule has 0 atom stereocenters. The fraction of sp³-hybridized carbons (Fsp3) is 0.200. The normalized spacial score (nSPS) is 11.3. The van der Waals surface area contributed by atoms with Crippen molar-refractivity contribution in [3.63, 3.8) is 0 Å². The smallest absolute Gasteiger partial charge is 0.229 e. The fourth-order valence-corrected chi connectivity index (χ4v) is 2.88. The van der Waals surface area contributed by atoms with Crippen molar-refractivity contribution >= 4 is 54.2 Å². The molecule has 5 heteroatoms. The van der Waals surface area contributed by atoms with Crippen LogP contribution in [0.4, 0.5) is 0 Å². The number of furan rings is 1. The topological polar surface area (TPSA) is 22.4 Å². The van der Waals surface area contributed by atoms with Gasteiger partial charge in [-0.1, -0.05) is 11.6 Å². The summed E-state index contributed by atoms with van der Waals surface area (Å²) in [6.45, 7) is 4.24. The van der Waals surface area contributed by atoms with Crippen molar-refractivity contribution in [1.29, 1.82) is 0 Å². The Bertz CT molecular complexity index is 495. The lowest BCUT2D eigenvalue weighted by Crippen LogP contribution is -2.10. The van der Waals surface area contributed by atoms with Crippen LogP contribution in [0.1, 0.15) is 0 Å². The third kappa shape index (κ3) is 2.48. The maximum Gasteiger partial charge on any atom is 0.229 e. The first-order valence-electron chi connectivity index (χ1n) is 4.61. The van der Waals surface area contributed by atoms with E-state index >= 15 is 0 Å². The first kappa shape index (κ1) is 11.3. The Hall–Kier alpha value is -0.203. The van der Waals surface area contributed by atoms with Crippen LogP contribution in [-0.4, -0.2) is 9.04 Å². The van der Waals surface area contributed by atoms with Crippen molar-refractivity contribution in [2.75, 3.05) is 0 Å². The third-order valence-corrected chi connectivity index (χ3v) is 3.44. The summed E-state index contributed by atoms with van der Waals surface area (Å²) < 4.78 is 12.0. The van der Waals surface area contributed by atoms with Crippen LogP contribution in [0.3, 0.4) is 0 Å². The van der Waals surface area contributed by atoms with Gasteiger partial charge in [0.1, 0.15) is 5.75 Å². The average Bonchev–Trinajstić information content (AvgIpc) is 2.44. The number of halogens is 2. The van der Waals surface area contributed by atoms with Crippen LogP contribution in [0.5, 0.6) is 5.75 Å². The second kappa shape index (κ2) is 4.35. The number of fused-ring (bicyclic) bond motifs is 1. The molecule has 0 unspecified atom stereocenters. The molecule has 1 aromatic heterocycles. The quantitative estimate of drug-likeness (QED) is 0.601. The Morgan fingerprint density at radius 2 is 2.07 bits per heavy atom. The minimum Gasteiger partial charge on any atom is -0.547 e. The summed E-state index contributed by atoms with van der Waals surface area (Å²) in [5.41, 5.74) is 0.735. The highest BCUT2D eigenvalue weighted by Crippen LogP contribution is 2.32. The Labute approximate surface area is 108 Å². The first-order chi connectivity index (χ1) is 7.06. The Morgan fingerprint density at radius 1 is 1.33 bits per heavy atom. The van der Waals surface area contributed by atoms with Crippen LogP contribution in [0.25, 0.3) is 11.0 Å². The van der Waals surface area contributed by atoms with Crippen LogP contribution in [0.15, 0.2) is 22.6 Å². The van der Waals surface area contributed by atoms with Gasteiger partial charge in [-0.3, -0.25) is 0 Å². The molecule has 0 saturated heterocycles. The molecular formula is C10H10ClIO2Si. The first-order valence-corrected chi connectivity index (χ1v) is 8.85. The summed E-state index contributed by atoms with van der Waals surface area (Å²) in [7, 11) is -1.08. The Kier molecular flexibility index (Phi) is 3.27. The molecule has 0 radical (unpaired) electrons. The molecule has 0 saturated carbocycles. The summed E-state index contributed by atoms with van der Waals surface area (Å²) in [5.74, 6) is 0.839. The molecule has 0 aliphatic rings. The molecule has 2 aromatic rings. The zero-order valence-corrected chi connectivity index (χ0v) is 12.4. The predicted octanol–water partition coefficient (Wildman–Crippen LogP) is 4.05. The van der Waals surface area contributed by atoms with Gasteiger partial charge in [-0.15, -0.1) is 0 Å². The summed E-state index contributed by atoms with van der Waals surface area (Å²) in [5, 5.41) is 1.61. The van der Waals surface area contributed by atoms with E-state index in [4.69, 9.17) is 20.4 Å². The van der Waals surface area contributed by atoms with Gasteiger partial charge in [-0.25, -0.2) is 0 Å². The van der Waals surface area contributed by atoms with Gasteiger partial charge in [0.05, 0.1) is 5.02 Å². The van der Waals surface area contributed by atoms with Gasteiger partial charge in [0.25, 0.3) is 0 Å². The molecule has 1 aromatic carbocycles. The summed E-state index contributed by atoms with van der Waals surface area (Å²) in [4.78, 5) is 0. The number of rotatable bonds is 2. The molecule has 0 aliphatic carbocycles.